The number of anilines is 9. The zero-order chi connectivity index (χ0) is 94.4. The molecule has 143 heavy (non-hydrogen) atoms. The average molecular weight is 1810 g/mol. The Morgan fingerprint density at radius 3 is 1.12 bits per heavy atom. The average Bonchev–Trinajstić information content (AvgIpc) is 1.60. The SMILES string of the molecule is Cc1cc(C)c(-c2ccc3c(c2)B2c4cc(-c5c(C)cc(Cc6cccc7c6-c6cccc8c6B7c6cc(-c7c(C)cc(C)cc7C)ccc6N8c6ccc7ccc8cccc9ccc6c7c89)cc5C)ccc4N(c4ccc5ccc6c(-c7ccc8cc9c(cc8n7)B7c8cc%10ccccc%10cc8N(c8ccc%10ccc%11cccc%12ccc8c%10c%11%12)c8cccc-9c87)ccc7ccc4c5c76)c4cccc-3c42)c(C)c1. The summed E-state index contributed by atoms with van der Waals surface area (Å²) >= 11 is 0. The van der Waals surface area contributed by atoms with Crippen LogP contribution in [0.4, 0.5) is 51.2 Å². The van der Waals surface area contributed by atoms with Crippen molar-refractivity contribution in [3.63, 3.8) is 0 Å². The van der Waals surface area contributed by atoms with Gasteiger partial charge in [-0.15, -0.1) is 0 Å². The van der Waals surface area contributed by atoms with E-state index >= 15 is 0 Å². The van der Waals surface area contributed by atoms with E-state index in [2.05, 4.69) is 452 Å². The summed E-state index contributed by atoms with van der Waals surface area (Å²) in [5, 5.41) is 26.4. The summed E-state index contributed by atoms with van der Waals surface area (Å²) < 4.78 is 0. The van der Waals surface area contributed by atoms with Crippen LogP contribution in [0.25, 0.3) is 197 Å². The lowest BCUT2D eigenvalue weighted by Crippen LogP contribution is -2.54. The van der Waals surface area contributed by atoms with Crippen LogP contribution in [0.5, 0.6) is 0 Å². The highest BCUT2D eigenvalue weighted by molar-refractivity contribution is 7.03. The first-order valence-corrected chi connectivity index (χ1v) is 50.8. The van der Waals surface area contributed by atoms with Crippen molar-refractivity contribution in [2.24, 2.45) is 0 Å². The van der Waals surface area contributed by atoms with E-state index in [0.29, 0.717) is 0 Å². The number of rotatable bonds is 9. The first-order valence-electron chi connectivity index (χ1n) is 50.8. The molecule has 4 nitrogen and oxygen atoms in total. The number of hydrogen-bond acceptors (Lipinski definition) is 4. The molecule has 7 heteroatoms. The van der Waals surface area contributed by atoms with Crippen molar-refractivity contribution in [1.29, 1.82) is 0 Å². The van der Waals surface area contributed by atoms with Gasteiger partial charge in [-0.1, -0.05) is 337 Å². The summed E-state index contributed by atoms with van der Waals surface area (Å²) in [6.07, 6.45) is 0.787. The van der Waals surface area contributed by atoms with Crippen LogP contribution in [0.3, 0.4) is 0 Å². The molecule has 0 aliphatic carbocycles. The van der Waals surface area contributed by atoms with Crippen LogP contribution in [0, 0.1) is 55.4 Å². The van der Waals surface area contributed by atoms with Gasteiger partial charge in [0.25, 0.3) is 0 Å². The Kier molecular flexibility index (Phi) is 16.1. The number of aryl methyl sites for hydroxylation is 8. The molecule has 0 atom stereocenters. The van der Waals surface area contributed by atoms with Gasteiger partial charge in [-0.05, 0) is 370 Å². The normalized spacial score (nSPS) is 13.4. The fourth-order valence-corrected chi connectivity index (χ4v) is 28.9. The number of nitrogens with zero attached hydrogens (tertiary/aromatic N) is 4. The molecule has 0 amide bonds. The lowest BCUT2D eigenvalue weighted by molar-refractivity contribution is 1.17. The fourth-order valence-electron chi connectivity index (χ4n) is 28.9. The highest BCUT2D eigenvalue weighted by atomic mass is 15.2. The minimum atomic E-state index is -0.0368. The topological polar surface area (TPSA) is 22.6 Å². The summed E-state index contributed by atoms with van der Waals surface area (Å²) in [7, 11) is 0. The monoisotopic (exact) mass is 1810 g/mol. The van der Waals surface area contributed by atoms with Gasteiger partial charge in [-0.2, -0.15) is 0 Å². The zero-order valence-corrected chi connectivity index (χ0v) is 80.6. The molecule has 1 aromatic heterocycles. The van der Waals surface area contributed by atoms with Crippen molar-refractivity contribution in [3.8, 4) is 78.0 Å². The van der Waals surface area contributed by atoms with Crippen LogP contribution in [0.2, 0.25) is 0 Å². The summed E-state index contributed by atoms with van der Waals surface area (Å²) in [5.74, 6) is 0. The summed E-state index contributed by atoms with van der Waals surface area (Å²) in [4.78, 5) is 13.7. The van der Waals surface area contributed by atoms with Gasteiger partial charge in [-0.25, -0.2) is 4.98 Å². The van der Waals surface area contributed by atoms with Crippen LogP contribution in [-0.2, 0) is 6.42 Å². The number of pyridine rings is 1. The third-order valence-electron chi connectivity index (χ3n) is 34.2. The molecule has 0 saturated heterocycles. The summed E-state index contributed by atoms with van der Waals surface area (Å²) in [6, 6.07) is 149. The van der Waals surface area contributed by atoms with E-state index in [0.717, 1.165) is 34.3 Å². The van der Waals surface area contributed by atoms with E-state index < -0.39 is 0 Å². The minimum absolute atomic E-state index is 0.00704. The smallest absolute Gasteiger partial charge is 0.248 e. The quantitative estimate of drug-likeness (QED) is 0.106. The molecule has 32 rings (SSSR count). The number of aromatic nitrogens is 1. The Bertz CT molecular complexity index is 10200. The number of hydrogen-bond donors (Lipinski definition) is 0. The Hall–Kier alpha value is -17.1. The maximum atomic E-state index is 5.85. The number of benzene rings is 25. The predicted molar refractivity (Wildman–Crippen MR) is 614 cm³/mol. The van der Waals surface area contributed by atoms with E-state index in [9.17, 15) is 0 Å². The van der Waals surface area contributed by atoms with E-state index in [1.807, 2.05) is 0 Å². The van der Waals surface area contributed by atoms with Gasteiger partial charge < -0.3 is 14.7 Å². The van der Waals surface area contributed by atoms with E-state index in [1.54, 1.807) is 0 Å². The predicted octanol–water partition coefficient (Wildman–Crippen LogP) is 29.6. The van der Waals surface area contributed by atoms with Crippen LogP contribution in [-0.4, -0.2) is 25.1 Å². The first kappa shape index (κ1) is 79.8. The highest BCUT2D eigenvalue weighted by Gasteiger charge is 2.48. The largest absolute Gasteiger partial charge is 0.311 e. The molecule has 25 aromatic carbocycles. The van der Waals surface area contributed by atoms with E-state index in [-0.39, 0.29) is 20.1 Å². The third kappa shape index (κ3) is 10.9. The first-order chi connectivity index (χ1) is 70.2. The van der Waals surface area contributed by atoms with Gasteiger partial charge in [0.1, 0.15) is 0 Å². The van der Waals surface area contributed by atoms with Gasteiger partial charge in [0.15, 0.2) is 0 Å². The molecule has 0 saturated carbocycles. The van der Waals surface area contributed by atoms with Gasteiger partial charge in [0.05, 0.1) is 28.3 Å². The molecule has 7 heterocycles. The second kappa shape index (κ2) is 28.8. The van der Waals surface area contributed by atoms with E-state index in [1.165, 1.54) is 325 Å². The molecular formula is C136H89B3N4. The maximum absolute atomic E-state index is 5.85. The molecule has 0 spiro atoms. The van der Waals surface area contributed by atoms with Crippen molar-refractivity contribution >= 4 is 239 Å². The highest BCUT2D eigenvalue weighted by Crippen LogP contribution is 2.54. The summed E-state index contributed by atoms with van der Waals surface area (Å²) in [5.41, 5.74) is 54.7. The van der Waals surface area contributed by atoms with Crippen LogP contribution in [0.1, 0.15) is 55.6 Å². The molecule has 0 unspecified atom stereocenters. The van der Waals surface area contributed by atoms with Crippen LogP contribution >= 0.6 is 0 Å². The Morgan fingerprint density at radius 1 is 0.210 bits per heavy atom. The standard InChI is InChI=1S/C136H89B3N4/c1-73-59-75(3)124(76(4)60-73)94-40-47-97-100-24-14-28-120-134(100)138(108(97)68-94)111-70-96(126-79(7)63-81(64-80(126)8)65-93-23-13-27-107-129(93)105-26-16-30-122-136(105)137(107)110-69-95(125-77(5)61-74(2)62-78(125)6)45-57-118(110)142(122)115-54-42-86-33-31-82-19-11-21-84-37-50-102(115)131(86)127(82)84)46-58-119(111)141(120)116-55-44-89-36-49-99-98(48-35-88-39-52-104(116)133(89)130(88)99)113-53-41-92-66-106-101-25-15-29-121-135(101)139(109(106)72-114(92)140-113)112-67-90-17-9-10-18-91(90)71-123(112)143(121)117-56-43-87-34-32-83-20-12-22-85-38-51-103(117)132(87)128(83)85/h9-64,66-72H,65H2,1-8H3. The van der Waals surface area contributed by atoms with Crippen molar-refractivity contribution in [1.82, 2.24) is 4.98 Å². The maximum Gasteiger partial charge on any atom is 0.248 e. The second-order valence-electron chi connectivity index (χ2n) is 42.2. The molecule has 0 fully saturated rings. The minimum Gasteiger partial charge on any atom is -0.311 e. The molecule has 662 valence electrons. The number of fused-ring (bicyclic) bond motifs is 17. The van der Waals surface area contributed by atoms with Gasteiger partial charge in [0.2, 0.25) is 20.1 Å². The van der Waals surface area contributed by atoms with Crippen molar-refractivity contribution < 1.29 is 0 Å². The van der Waals surface area contributed by atoms with Crippen LogP contribution in [0.15, 0.2) is 382 Å². The Morgan fingerprint density at radius 2 is 0.580 bits per heavy atom. The third-order valence-corrected chi connectivity index (χ3v) is 34.2. The molecule has 0 bridgehead atoms. The Balaban J connectivity index is 0.516. The molecule has 6 aliphatic heterocycles. The zero-order valence-electron chi connectivity index (χ0n) is 80.6. The van der Waals surface area contributed by atoms with Crippen molar-refractivity contribution in [3.05, 3.63) is 438 Å². The lowest BCUT2D eigenvalue weighted by atomic mass is 9.37. The molecule has 0 radical (unpaired) electrons. The van der Waals surface area contributed by atoms with Crippen molar-refractivity contribution in [2.75, 3.05) is 14.7 Å². The molecule has 26 aromatic rings. The molecule has 0 N–H and O–H groups in total. The lowest BCUT2D eigenvalue weighted by Gasteiger charge is -2.37. The van der Waals surface area contributed by atoms with Gasteiger partial charge >= 0.3 is 0 Å². The molecular weight excluding hydrogens is 1720 g/mol. The summed E-state index contributed by atoms with van der Waals surface area (Å²) in [6.45, 7) is 18.3. The van der Waals surface area contributed by atoms with Crippen molar-refractivity contribution in [2.45, 2.75) is 61.8 Å². The molecule has 6 aliphatic rings. The van der Waals surface area contributed by atoms with Gasteiger partial charge in [-0.3, -0.25) is 0 Å². The Labute approximate surface area is 830 Å². The second-order valence-corrected chi connectivity index (χ2v) is 42.2. The van der Waals surface area contributed by atoms with Gasteiger partial charge in [0, 0.05) is 61.2 Å². The van der Waals surface area contributed by atoms with Crippen LogP contribution < -0.4 is 63.9 Å². The fraction of sp³-hybridized carbons (Fsp3) is 0.0662. The van der Waals surface area contributed by atoms with E-state index in [4.69, 9.17) is 4.98 Å².